The van der Waals surface area contributed by atoms with Gasteiger partial charge in [0.15, 0.2) is 0 Å². The largest absolute Gasteiger partial charge is 0.508 e. The Kier molecular flexibility index (Phi) is 5.97. The summed E-state index contributed by atoms with van der Waals surface area (Å²) in [7, 11) is 0. The van der Waals surface area contributed by atoms with E-state index >= 15 is 0 Å². The molecular formula is C18H21N3O4. The first-order valence-electron chi connectivity index (χ1n) is 7.76. The Bertz CT molecular complexity index is 729. The molecule has 0 bridgehead atoms. The Balaban J connectivity index is 1.97. The molecule has 0 saturated carbocycles. The zero-order valence-corrected chi connectivity index (χ0v) is 13.6. The van der Waals surface area contributed by atoms with Crippen molar-refractivity contribution in [2.75, 3.05) is 0 Å². The van der Waals surface area contributed by atoms with Crippen molar-refractivity contribution in [3.05, 3.63) is 59.7 Å². The monoisotopic (exact) mass is 343 g/mol. The zero-order chi connectivity index (χ0) is 18.4. The van der Waals surface area contributed by atoms with Gasteiger partial charge in [-0.3, -0.25) is 9.59 Å². The summed E-state index contributed by atoms with van der Waals surface area (Å²) >= 11 is 0. The first-order valence-corrected chi connectivity index (χ1v) is 7.76. The Labute approximate surface area is 145 Å². The predicted octanol–water partition coefficient (Wildman–Crippen LogP) is 0.180. The van der Waals surface area contributed by atoms with Gasteiger partial charge in [-0.15, -0.1) is 0 Å². The number of primary amides is 1. The van der Waals surface area contributed by atoms with Gasteiger partial charge in [-0.2, -0.15) is 0 Å². The average Bonchev–Trinajstić information content (AvgIpc) is 2.58. The third-order valence-corrected chi connectivity index (χ3v) is 3.76. The van der Waals surface area contributed by atoms with Crippen molar-refractivity contribution in [3.63, 3.8) is 0 Å². The molecule has 0 spiro atoms. The molecule has 25 heavy (non-hydrogen) atoms. The lowest BCUT2D eigenvalue weighted by Gasteiger charge is -2.19. The van der Waals surface area contributed by atoms with Crippen LogP contribution in [0.3, 0.4) is 0 Å². The van der Waals surface area contributed by atoms with Crippen molar-refractivity contribution < 1.29 is 19.8 Å². The molecule has 7 nitrogen and oxygen atoms in total. The van der Waals surface area contributed by atoms with E-state index in [2.05, 4.69) is 5.32 Å². The molecule has 0 saturated heterocycles. The maximum atomic E-state index is 12.2. The second-order valence-electron chi connectivity index (χ2n) is 5.81. The van der Waals surface area contributed by atoms with Gasteiger partial charge in [-0.25, -0.2) is 0 Å². The fourth-order valence-electron chi connectivity index (χ4n) is 2.35. The molecule has 0 aliphatic carbocycles. The zero-order valence-electron chi connectivity index (χ0n) is 13.6. The maximum Gasteiger partial charge on any atom is 0.240 e. The van der Waals surface area contributed by atoms with Gasteiger partial charge >= 0.3 is 0 Å². The molecule has 132 valence electrons. The number of nitrogens with two attached hydrogens (primary N) is 2. The molecule has 2 aromatic rings. The highest BCUT2D eigenvalue weighted by molar-refractivity contribution is 5.89. The molecule has 2 aromatic carbocycles. The highest BCUT2D eigenvalue weighted by atomic mass is 16.3. The minimum absolute atomic E-state index is 0.110. The van der Waals surface area contributed by atoms with Crippen LogP contribution in [-0.2, 0) is 22.4 Å². The summed E-state index contributed by atoms with van der Waals surface area (Å²) in [5.74, 6) is -0.919. The number of hydrogen-bond acceptors (Lipinski definition) is 5. The van der Waals surface area contributed by atoms with E-state index in [0.29, 0.717) is 0 Å². The number of nitrogens with one attached hydrogen (secondary N) is 1. The molecule has 2 rings (SSSR count). The van der Waals surface area contributed by atoms with Crippen LogP contribution in [0.5, 0.6) is 11.5 Å². The lowest BCUT2D eigenvalue weighted by atomic mass is 10.0. The van der Waals surface area contributed by atoms with Gasteiger partial charge in [0.1, 0.15) is 17.5 Å². The van der Waals surface area contributed by atoms with Crippen LogP contribution in [0, 0.1) is 0 Å². The molecule has 0 aliphatic rings. The highest BCUT2D eigenvalue weighted by Crippen LogP contribution is 2.12. The van der Waals surface area contributed by atoms with Crippen LogP contribution < -0.4 is 16.8 Å². The van der Waals surface area contributed by atoms with Gasteiger partial charge < -0.3 is 27.0 Å². The second-order valence-corrected chi connectivity index (χ2v) is 5.81. The quantitative estimate of drug-likeness (QED) is 0.488. The summed E-state index contributed by atoms with van der Waals surface area (Å²) in [6.07, 6.45) is 0.462. The minimum atomic E-state index is -0.900. The number of rotatable bonds is 7. The lowest BCUT2D eigenvalue weighted by Crippen LogP contribution is -2.51. The Hall–Kier alpha value is -3.06. The van der Waals surface area contributed by atoms with Crippen molar-refractivity contribution in [1.29, 1.82) is 0 Å². The van der Waals surface area contributed by atoms with Crippen LogP contribution in [0.1, 0.15) is 11.1 Å². The van der Waals surface area contributed by atoms with E-state index in [0.717, 1.165) is 11.1 Å². The lowest BCUT2D eigenvalue weighted by molar-refractivity contribution is -0.128. The van der Waals surface area contributed by atoms with Crippen molar-refractivity contribution in [1.82, 2.24) is 5.32 Å². The predicted molar refractivity (Wildman–Crippen MR) is 92.7 cm³/mol. The van der Waals surface area contributed by atoms with Gasteiger partial charge in [0.25, 0.3) is 0 Å². The number of aromatic hydroxyl groups is 2. The minimum Gasteiger partial charge on any atom is -0.508 e. The highest BCUT2D eigenvalue weighted by Gasteiger charge is 2.22. The number of benzene rings is 2. The number of phenols is 2. The van der Waals surface area contributed by atoms with Gasteiger partial charge in [0, 0.05) is 6.42 Å². The maximum absolute atomic E-state index is 12.2. The third kappa shape index (κ3) is 5.50. The molecule has 0 fully saturated rings. The van der Waals surface area contributed by atoms with Crippen LogP contribution in [0.2, 0.25) is 0 Å². The van der Waals surface area contributed by atoms with Gasteiger partial charge in [-0.1, -0.05) is 24.3 Å². The molecule has 7 N–H and O–H groups in total. The first kappa shape index (κ1) is 18.3. The van der Waals surface area contributed by atoms with Gasteiger partial charge in [-0.05, 0) is 41.8 Å². The van der Waals surface area contributed by atoms with Crippen molar-refractivity contribution >= 4 is 11.8 Å². The van der Waals surface area contributed by atoms with Gasteiger partial charge in [0.2, 0.25) is 11.8 Å². The topological polar surface area (TPSA) is 139 Å². The van der Waals surface area contributed by atoms with Crippen molar-refractivity contribution in [2.45, 2.75) is 24.9 Å². The SMILES string of the molecule is NC(=O)[C@H](Cc1ccc(O)cc1)NC(=O)[C@@H](N)Cc1ccc(O)cc1. The van der Waals surface area contributed by atoms with E-state index in [1.54, 1.807) is 24.3 Å². The number of phenolic OH excluding ortho intramolecular Hbond substituents is 2. The van der Waals surface area contributed by atoms with Crippen molar-refractivity contribution in [3.8, 4) is 11.5 Å². The first-order chi connectivity index (χ1) is 11.8. The van der Waals surface area contributed by atoms with Crippen LogP contribution in [0.25, 0.3) is 0 Å². The molecule has 7 heteroatoms. The molecular weight excluding hydrogens is 322 g/mol. The number of carbonyl (C=O) groups excluding carboxylic acids is 2. The molecule has 0 radical (unpaired) electrons. The van der Waals surface area contributed by atoms with Crippen LogP contribution in [0.4, 0.5) is 0 Å². The van der Waals surface area contributed by atoms with Crippen LogP contribution in [0.15, 0.2) is 48.5 Å². The summed E-state index contributed by atoms with van der Waals surface area (Å²) in [5, 5.41) is 21.1. The normalized spacial score (nSPS) is 13.0. The average molecular weight is 343 g/mol. The summed E-state index contributed by atoms with van der Waals surface area (Å²) < 4.78 is 0. The Morgan fingerprint density at radius 1 is 0.880 bits per heavy atom. The second kappa shape index (κ2) is 8.16. The fourth-order valence-corrected chi connectivity index (χ4v) is 2.35. The Morgan fingerprint density at radius 3 is 1.76 bits per heavy atom. The summed E-state index contributed by atoms with van der Waals surface area (Å²) in [6.45, 7) is 0. The standard InChI is InChI=1S/C18H21N3O4/c19-15(9-11-1-5-13(22)6-2-11)18(25)21-16(17(20)24)10-12-3-7-14(23)8-4-12/h1-8,15-16,22-23H,9-10,19H2,(H2,20,24)(H,21,25)/t15-,16-/m0/s1. The van der Waals surface area contributed by atoms with E-state index in [4.69, 9.17) is 11.5 Å². The third-order valence-electron chi connectivity index (χ3n) is 3.76. The Morgan fingerprint density at radius 2 is 1.32 bits per heavy atom. The molecule has 2 atom stereocenters. The van der Waals surface area contributed by atoms with E-state index in [-0.39, 0.29) is 24.3 Å². The molecule has 0 aliphatic heterocycles. The van der Waals surface area contributed by atoms with Gasteiger partial charge in [0.05, 0.1) is 6.04 Å². The van der Waals surface area contributed by atoms with E-state index in [1.807, 2.05) is 0 Å². The number of hydrogen-bond donors (Lipinski definition) is 5. The summed E-state index contributed by atoms with van der Waals surface area (Å²) in [4.78, 5) is 23.9. The summed E-state index contributed by atoms with van der Waals surface area (Å²) in [6, 6.07) is 10.9. The van der Waals surface area contributed by atoms with E-state index < -0.39 is 23.9 Å². The molecule has 0 heterocycles. The van der Waals surface area contributed by atoms with E-state index in [1.165, 1.54) is 24.3 Å². The molecule has 0 aromatic heterocycles. The fraction of sp³-hybridized carbons (Fsp3) is 0.222. The van der Waals surface area contributed by atoms with Crippen LogP contribution in [-0.4, -0.2) is 34.1 Å². The van der Waals surface area contributed by atoms with Crippen LogP contribution >= 0.6 is 0 Å². The van der Waals surface area contributed by atoms with Crippen molar-refractivity contribution in [2.24, 2.45) is 11.5 Å². The van der Waals surface area contributed by atoms with E-state index in [9.17, 15) is 19.8 Å². The molecule has 2 amide bonds. The smallest absolute Gasteiger partial charge is 0.240 e. The molecule has 0 unspecified atom stereocenters. The number of carbonyl (C=O) groups is 2. The number of amides is 2. The summed E-state index contributed by atoms with van der Waals surface area (Å²) in [5.41, 5.74) is 12.8.